The Morgan fingerprint density at radius 3 is 2.59 bits per heavy atom. The molecule has 0 saturated carbocycles. The Labute approximate surface area is 171 Å². The number of nitrogens with one attached hydrogen (secondary N) is 1. The lowest BCUT2D eigenvalue weighted by Crippen LogP contribution is -3.15. The highest BCUT2D eigenvalue weighted by Crippen LogP contribution is 2.45. The van der Waals surface area contributed by atoms with Gasteiger partial charge in [0.05, 0.1) is 44.5 Å². The summed E-state index contributed by atoms with van der Waals surface area (Å²) < 4.78 is 0. The highest BCUT2D eigenvalue weighted by Gasteiger charge is 2.41. The van der Waals surface area contributed by atoms with Crippen LogP contribution in [0.2, 0.25) is 5.02 Å². The first-order valence-electron chi connectivity index (χ1n) is 9.86. The van der Waals surface area contributed by atoms with E-state index in [4.69, 9.17) is 11.6 Å². The summed E-state index contributed by atoms with van der Waals surface area (Å²) in [6, 6.07) is 7.84. The first kappa shape index (κ1) is 20.5. The van der Waals surface area contributed by atoms with E-state index in [1.54, 1.807) is 11.8 Å². The number of rotatable bonds is 6. The van der Waals surface area contributed by atoms with E-state index in [-0.39, 0.29) is 22.4 Å². The molecular formula is C20H29ClN3O2S+. The van der Waals surface area contributed by atoms with E-state index in [1.807, 2.05) is 41.0 Å². The molecule has 2 aliphatic rings. The van der Waals surface area contributed by atoms with Crippen LogP contribution in [0.3, 0.4) is 0 Å². The number of carbonyl (C=O) groups excluding carboxylic acids is 2. The van der Waals surface area contributed by atoms with Gasteiger partial charge in [0.15, 0.2) is 0 Å². The van der Waals surface area contributed by atoms with E-state index < -0.39 is 0 Å². The van der Waals surface area contributed by atoms with Crippen LogP contribution in [-0.2, 0) is 9.59 Å². The molecule has 2 saturated heterocycles. The Balaban J connectivity index is 1.63. The van der Waals surface area contributed by atoms with Crippen LogP contribution in [0, 0.1) is 0 Å². The Morgan fingerprint density at radius 2 is 1.96 bits per heavy atom. The first-order chi connectivity index (χ1) is 13.0. The Morgan fingerprint density at radius 1 is 1.26 bits per heavy atom. The molecule has 7 heteroatoms. The number of thioether (sulfide) groups is 1. The zero-order chi connectivity index (χ0) is 19.4. The van der Waals surface area contributed by atoms with E-state index in [1.165, 1.54) is 4.90 Å². The molecule has 27 heavy (non-hydrogen) atoms. The van der Waals surface area contributed by atoms with Crippen molar-refractivity contribution in [3.63, 3.8) is 0 Å². The van der Waals surface area contributed by atoms with Gasteiger partial charge in [0.1, 0.15) is 5.37 Å². The normalized spacial score (nSPS) is 23.9. The monoisotopic (exact) mass is 410 g/mol. The second kappa shape index (κ2) is 9.30. The summed E-state index contributed by atoms with van der Waals surface area (Å²) in [4.78, 5) is 30.1. The minimum atomic E-state index is -0.00138. The van der Waals surface area contributed by atoms with Crippen LogP contribution in [0.25, 0.3) is 0 Å². The number of halogens is 1. The SMILES string of the molecule is CCC(=O)N1CC[NH+](CCN2C(=O)[C@@H](CC)S[C@H]2c2ccccc2Cl)CC1. The number of hydrogen-bond donors (Lipinski definition) is 1. The molecule has 0 radical (unpaired) electrons. The maximum atomic E-state index is 12.9. The van der Waals surface area contributed by atoms with Gasteiger partial charge in [-0.3, -0.25) is 9.59 Å². The van der Waals surface area contributed by atoms with Gasteiger partial charge >= 0.3 is 0 Å². The van der Waals surface area contributed by atoms with E-state index in [0.29, 0.717) is 6.42 Å². The van der Waals surface area contributed by atoms with Crippen molar-refractivity contribution in [2.45, 2.75) is 37.3 Å². The van der Waals surface area contributed by atoms with Crippen LogP contribution in [0.5, 0.6) is 0 Å². The van der Waals surface area contributed by atoms with Crippen molar-refractivity contribution in [1.82, 2.24) is 9.80 Å². The molecule has 1 aromatic rings. The quantitative estimate of drug-likeness (QED) is 0.778. The third-order valence-corrected chi connectivity index (χ3v) is 7.48. The van der Waals surface area contributed by atoms with Crippen molar-refractivity contribution in [2.75, 3.05) is 39.3 Å². The molecule has 3 rings (SSSR count). The van der Waals surface area contributed by atoms with Crippen molar-refractivity contribution in [2.24, 2.45) is 0 Å². The number of amides is 2. The maximum absolute atomic E-state index is 12.9. The predicted molar refractivity (Wildman–Crippen MR) is 110 cm³/mol. The molecule has 5 nitrogen and oxygen atoms in total. The van der Waals surface area contributed by atoms with Gasteiger partial charge in [-0.15, -0.1) is 11.8 Å². The number of nitrogens with zero attached hydrogens (tertiary/aromatic N) is 2. The standard InChI is InChI=1S/C20H28ClN3O2S/c1-3-17-19(26)24(20(27-17)15-7-5-6-8-16(15)21)14-11-22-9-12-23(13-10-22)18(25)4-2/h5-8,17,20H,3-4,9-14H2,1-2H3/p+1/t17-,20+/m1/s1. The summed E-state index contributed by atoms with van der Waals surface area (Å²) in [5.74, 6) is 0.469. The van der Waals surface area contributed by atoms with Gasteiger partial charge in [-0.2, -0.15) is 0 Å². The molecule has 2 heterocycles. The third kappa shape index (κ3) is 4.61. The minimum absolute atomic E-state index is 0.00138. The summed E-state index contributed by atoms with van der Waals surface area (Å²) in [7, 11) is 0. The van der Waals surface area contributed by atoms with Crippen LogP contribution < -0.4 is 4.90 Å². The fourth-order valence-electron chi connectivity index (χ4n) is 3.83. The average molecular weight is 411 g/mol. The molecule has 0 aliphatic carbocycles. The highest BCUT2D eigenvalue weighted by atomic mass is 35.5. The van der Waals surface area contributed by atoms with Gasteiger partial charge in [-0.25, -0.2) is 0 Å². The zero-order valence-corrected chi connectivity index (χ0v) is 17.7. The third-order valence-electron chi connectivity index (χ3n) is 5.51. The number of hydrogen-bond acceptors (Lipinski definition) is 3. The second-order valence-electron chi connectivity index (χ2n) is 7.17. The van der Waals surface area contributed by atoms with Crippen LogP contribution in [0.15, 0.2) is 24.3 Å². The van der Waals surface area contributed by atoms with Gasteiger partial charge in [0.2, 0.25) is 11.8 Å². The smallest absolute Gasteiger partial charge is 0.237 e. The van der Waals surface area contributed by atoms with Gasteiger partial charge in [0.25, 0.3) is 0 Å². The van der Waals surface area contributed by atoms with Crippen LogP contribution in [-0.4, -0.2) is 66.1 Å². The fourth-order valence-corrected chi connectivity index (χ4v) is 5.59. The van der Waals surface area contributed by atoms with Gasteiger partial charge < -0.3 is 14.7 Å². The lowest BCUT2D eigenvalue weighted by Gasteiger charge is -2.33. The minimum Gasteiger partial charge on any atom is -0.331 e. The van der Waals surface area contributed by atoms with Crippen molar-refractivity contribution in [1.29, 1.82) is 0 Å². The van der Waals surface area contributed by atoms with Crippen LogP contribution in [0.1, 0.15) is 37.6 Å². The summed E-state index contributed by atoms with van der Waals surface area (Å²) in [6.45, 7) is 9.17. The fraction of sp³-hybridized carbons (Fsp3) is 0.600. The van der Waals surface area contributed by atoms with Crippen LogP contribution >= 0.6 is 23.4 Å². The largest absolute Gasteiger partial charge is 0.331 e. The molecule has 2 atom stereocenters. The number of piperazine rings is 1. The van der Waals surface area contributed by atoms with E-state index >= 15 is 0 Å². The summed E-state index contributed by atoms with van der Waals surface area (Å²) in [6.07, 6.45) is 1.42. The molecule has 0 spiro atoms. The van der Waals surface area contributed by atoms with E-state index in [0.717, 1.165) is 56.3 Å². The van der Waals surface area contributed by atoms with Crippen molar-refractivity contribution in [3.8, 4) is 0 Å². The zero-order valence-electron chi connectivity index (χ0n) is 16.1. The van der Waals surface area contributed by atoms with Gasteiger partial charge in [-0.05, 0) is 12.5 Å². The van der Waals surface area contributed by atoms with Crippen molar-refractivity contribution >= 4 is 35.2 Å². The molecule has 0 unspecified atom stereocenters. The highest BCUT2D eigenvalue weighted by molar-refractivity contribution is 8.01. The van der Waals surface area contributed by atoms with Gasteiger partial charge in [-0.1, -0.05) is 43.6 Å². The average Bonchev–Trinajstić information content (AvgIpc) is 3.02. The second-order valence-corrected chi connectivity index (χ2v) is 8.87. The summed E-state index contributed by atoms with van der Waals surface area (Å²) in [5, 5.41) is 0.738. The first-order valence-corrected chi connectivity index (χ1v) is 11.2. The lowest BCUT2D eigenvalue weighted by molar-refractivity contribution is -0.903. The number of benzene rings is 1. The number of quaternary nitrogens is 1. The molecule has 1 aromatic carbocycles. The van der Waals surface area contributed by atoms with Crippen LogP contribution in [0.4, 0.5) is 0 Å². The summed E-state index contributed by atoms with van der Waals surface area (Å²) >= 11 is 8.14. The molecule has 2 amide bonds. The Kier molecular flexibility index (Phi) is 7.06. The van der Waals surface area contributed by atoms with E-state index in [9.17, 15) is 9.59 Å². The topological polar surface area (TPSA) is 45.1 Å². The van der Waals surface area contributed by atoms with Gasteiger partial charge in [0, 0.05) is 17.0 Å². The van der Waals surface area contributed by atoms with E-state index in [2.05, 4.69) is 6.92 Å². The molecule has 148 valence electrons. The van der Waals surface area contributed by atoms with Crippen molar-refractivity contribution < 1.29 is 14.5 Å². The van der Waals surface area contributed by atoms with Crippen molar-refractivity contribution in [3.05, 3.63) is 34.9 Å². The molecule has 2 aliphatic heterocycles. The lowest BCUT2D eigenvalue weighted by atomic mass is 10.2. The molecule has 2 fully saturated rings. The molecule has 1 N–H and O–H groups in total. The molecule has 0 aromatic heterocycles. The Hall–Kier alpha value is -1.24. The predicted octanol–water partition coefficient (Wildman–Crippen LogP) is 1.83. The number of carbonyl (C=O) groups is 2. The maximum Gasteiger partial charge on any atom is 0.237 e. The molecular weight excluding hydrogens is 382 g/mol. The Bertz CT molecular complexity index is 679. The molecule has 0 bridgehead atoms. The summed E-state index contributed by atoms with van der Waals surface area (Å²) in [5.41, 5.74) is 1.03.